The summed E-state index contributed by atoms with van der Waals surface area (Å²) in [6.07, 6.45) is 0. The first kappa shape index (κ1) is 22.5. The lowest BCUT2D eigenvalue weighted by Gasteiger charge is -2.11. The molecule has 0 bridgehead atoms. The monoisotopic (exact) mass is 550 g/mol. The quantitative estimate of drug-likeness (QED) is 0.209. The zero-order chi connectivity index (χ0) is 27.4. The van der Waals surface area contributed by atoms with Gasteiger partial charge in [-0.05, 0) is 79.5 Å². The first-order chi connectivity index (χ1) is 20.8. The van der Waals surface area contributed by atoms with Crippen molar-refractivity contribution in [2.24, 2.45) is 0 Å². The zero-order valence-electron chi connectivity index (χ0n) is 22.5. The Kier molecular flexibility index (Phi) is 4.39. The summed E-state index contributed by atoms with van der Waals surface area (Å²) in [5, 5.41) is 7.60. The van der Waals surface area contributed by atoms with E-state index in [1.165, 1.54) is 80.8 Å². The van der Waals surface area contributed by atoms with Gasteiger partial charge in [0.15, 0.2) is 0 Å². The van der Waals surface area contributed by atoms with Crippen LogP contribution in [0.4, 0.5) is 0 Å². The molecule has 0 aliphatic heterocycles. The van der Waals surface area contributed by atoms with Gasteiger partial charge in [0.25, 0.3) is 0 Å². The van der Waals surface area contributed by atoms with Gasteiger partial charge in [-0.2, -0.15) is 0 Å². The maximum atomic E-state index is 6.57. The average Bonchev–Trinajstić information content (AvgIpc) is 3.72. The molecule has 0 unspecified atom stereocenters. The molecule has 1 nitrogen and oxygen atoms in total. The summed E-state index contributed by atoms with van der Waals surface area (Å²) >= 11 is 1.87. The lowest BCUT2D eigenvalue weighted by molar-refractivity contribution is 0.669. The Hall–Kier alpha value is -5.18. The second-order valence-corrected chi connectivity index (χ2v) is 12.3. The molecule has 0 saturated heterocycles. The molecule has 0 fully saturated rings. The Morgan fingerprint density at radius 2 is 1.02 bits per heavy atom. The smallest absolute Gasteiger partial charge is 0.136 e. The number of hydrogen-bond donors (Lipinski definition) is 0. The molecule has 10 rings (SSSR count). The second-order valence-electron chi connectivity index (χ2n) is 11.2. The van der Waals surface area contributed by atoms with Gasteiger partial charge < -0.3 is 4.42 Å². The molecule has 2 aromatic heterocycles. The molecule has 0 amide bonds. The van der Waals surface area contributed by atoms with Crippen LogP contribution in [0.25, 0.3) is 97.4 Å². The Labute approximate surface area is 245 Å². The van der Waals surface area contributed by atoms with E-state index in [-0.39, 0.29) is 0 Å². The highest BCUT2D eigenvalue weighted by Crippen LogP contribution is 2.50. The lowest BCUT2D eigenvalue weighted by atomic mass is 9.92. The van der Waals surface area contributed by atoms with Crippen LogP contribution in [0.2, 0.25) is 0 Å². The third-order valence-electron chi connectivity index (χ3n) is 9.05. The largest absolute Gasteiger partial charge is 0.456 e. The van der Waals surface area contributed by atoms with Gasteiger partial charge in [-0.15, -0.1) is 11.3 Å². The van der Waals surface area contributed by atoms with E-state index in [0.717, 1.165) is 16.6 Å². The fourth-order valence-electron chi connectivity index (χ4n) is 7.24. The summed E-state index contributed by atoms with van der Waals surface area (Å²) in [5.74, 6) is 0. The highest BCUT2D eigenvalue weighted by molar-refractivity contribution is 7.26. The van der Waals surface area contributed by atoms with E-state index >= 15 is 0 Å². The van der Waals surface area contributed by atoms with Gasteiger partial charge in [-0.3, -0.25) is 0 Å². The number of benzene rings is 7. The molecule has 0 N–H and O–H groups in total. The Morgan fingerprint density at radius 1 is 0.381 bits per heavy atom. The lowest BCUT2D eigenvalue weighted by Crippen LogP contribution is -1.85. The molecular formula is C40H22OS. The van der Waals surface area contributed by atoms with Gasteiger partial charge in [0, 0.05) is 30.9 Å². The predicted molar refractivity (Wildman–Crippen MR) is 179 cm³/mol. The van der Waals surface area contributed by atoms with Crippen LogP contribution in [0.5, 0.6) is 0 Å². The Balaban J connectivity index is 1.20. The second kappa shape index (κ2) is 8.19. The van der Waals surface area contributed by atoms with Gasteiger partial charge in [-0.1, -0.05) is 109 Å². The molecule has 0 spiro atoms. The number of hydrogen-bond acceptors (Lipinski definition) is 2. The highest BCUT2D eigenvalue weighted by atomic mass is 32.1. The molecular weight excluding hydrogens is 529 g/mol. The molecule has 0 saturated carbocycles. The van der Waals surface area contributed by atoms with Crippen molar-refractivity contribution in [1.29, 1.82) is 0 Å². The summed E-state index contributed by atoms with van der Waals surface area (Å²) in [5.41, 5.74) is 12.0. The molecule has 2 heteroatoms. The number of thiophene rings is 1. The van der Waals surface area contributed by atoms with Gasteiger partial charge in [0.2, 0.25) is 0 Å². The maximum absolute atomic E-state index is 6.57. The minimum atomic E-state index is 0.922. The van der Waals surface area contributed by atoms with Gasteiger partial charge in [0.05, 0.1) is 0 Å². The van der Waals surface area contributed by atoms with E-state index in [1.54, 1.807) is 0 Å². The van der Waals surface area contributed by atoms with Crippen molar-refractivity contribution in [1.82, 2.24) is 0 Å². The van der Waals surface area contributed by atoms with Crippen molar-refractivity contribution in [2.45, 2.75) is 0 Å². The van der Waals surface area contributed by atoms with Crippen LogP contribution in [0, 0.1) is 0 Å². The highest BCUT2D eigenvalue weighted by Gasteiger charge is 2.23. The first-order valence-corrected chi connectivity index (χ1v) is 15.2. The fourth-order valence-corrected chi connectivity index (χ4v) is 8.47. The standard InChI is InChI=1S/C40H22OS/c1-2-9-26-25(8-1)29-12-6-13-30-27(20-21-32(26)38(29)30)31-14-7-16-35-39(31)34-19-18-23(22-36(34)41-35)24-11-5-15-33-28-10-3-4-17-37(28)42-40(24)33/h1-22H. The third-order valence-corrected chi connectivity index (χ3v) is 10.3. The van der Waals surface area contributed by atoms with Crippen LogP contribution in [0.3, 0.4) is 0 Å². The van der Waals surface area contributed by atoms with E-state index in [4.69, 9.17) is 4.42 Å². The van der Waals surface area contributed by atoms with Crippen molar-refractivity contribution >= 4 is 64.2 Å². The number of furan rings is 1. The van der Waals surface area contributed by atoms with Crippen LogP contribution in [-0.4, -0.2) is 0 Å². The molecule has 0 atom stereocenters. The summed E-state index contributed by atoms with van der Waals surface area (Å²) in [6, 6.07) is 48.6. The molecule has 9 aromatic rings. The number of fused-ring (bicyclic) bond motifs is 9. The minimum Gasteiger partial charge on any atom is -0.456 e. The summed E-state index contributed by atoms with van der Waals surface area (Å²) in [6.45, 7) is 0. The van der Waals surface area contributed by atoms with Crippen molar-refractivity contribution in [3.05, 3.63) is 133 Å². The van der Waals surface area contributed by atoms with Crippen LogP contribution in [-0.2, 0) is 0 Å². The van der Waals surface area contributed by atoms with E-state index in [1.807, 2.05) is 11.3 Å². The van der Waals surface area contributed by atoms with E-state index in [9.17, 15) is 0 Å². The van der Waals surface area contributed by atoms with Crippen molar-refractivity contribution < 1.29 is 4.42 Å². The summed E-state index contributed by atoms with van der Waals surface area (Å²) < 4.78 is 9.22. The van der Waals surface area contributed by atoms with Crippen LogP contribution in [0.15, 0.2) is 138 Å². The molecule has 42 heavy (non-hydrogen) atoms. The predicted octanol–water partition coefficient (Wildman–Crippen LogP) is 12.1. The third kappa shape index (κ3) is 2.92. The summed E-state index contributed by atoms with van der Waals surface area (Å²) in [7, 11) is 0. The topological polar surface area (TPSA) is 13.1 Å². The Bertz CT molecular complexity index is 2550. The van der Waals surface area contributed by atoms with Gasteiger partial charge in [-0.25, -0.2) is 0 Å². The molecule has 1 aliphatic carbocycles. The molecule has 0 radical (unpaired) electrons. The van der Waals surface area contributed by atoms with Crippen molar-refractivity contribution in [3.8, 4) is 44.5 Å². The first-order valence-electron chi connectivity index (χ1n) is 14.4. The van der Waals surface area contributed by atoms with Crippen LogP contribution >= 0.6 is 11.3 Å². The van der Waals surface area contributed by atoms with Crippen molar-refractivity contribution in [2.75, 3.05) is 0 Å². The molecule has 2 heterocycles. The van der Waals surface area contributed by atoms with Crippen LogP contribution < -0.4 is 0 Å². The van der Waals surface area contributed by atoms with E-state index in [2.05, 4.69) is 133 Å². The Morgan fingerprint density at radius 3 is 1.90 bits per heavy atom. The number of rotatable bonds is 2. The van der Waals surface area contributed by atoms with Crippen LogP contribution in [0.1, 0.15) is 0 Å². The molecule has 7 aromatic carbocycles. The van der Waals surface area contributed by atoms with Crippen molar-refractivity contribution in [3.63, 3.8) is 0 Å². The van der Waals surface area contributed by atoms with Gasteiger partial charge in [0.1, 0.15) is 11.2 Å². The molecule has 1 aliphatic rings. The zero-order valence-corrected chi connectivity index (χ0v) is 23.3. The van der Waals surface area contributed by atoms with E-state index in [0.29, 0.717) is 0 Å². The van der Waals surface area contributed by atoms with E-state index < -0.39 is 0 Å². The SMILES string of the molecule is c1ccc2c(c1)-c1cccc3c(-c4cccc5oc6cc(-c7cccc8c7sc7ccccc78)ccc6c45)ccc-2c13. The summed E-state index contributed by atoms with van der Waals surface area (Å²) in [4.78, 5) is 0. The van der Waals surface area contributed by atoms with Gasteiger partial charge >= 0.3 is 0 Å². The normalized spacial score (nSPS) is 12.3. The average molecular weight is 551 g/mol. The fraction of sp³-hybridized carbons (Fsp3) is 0. The molecule has 194 valence electrons. The maximum Gasteiger partial charge on any atom is 0.136 e. The minimum absolute atomic E-state index is 0.922.